The Labute approximate surface area is 148 Å². The average Bonchev–Trinajstić information content (AvgIpc) is 3.05. The Morgan fingerprint density at radius 3 is 2.88 bits per heavy atom. The highest BCUT2D eigenvalue weighted by molar-refractivity contribution is 5.99. The van der Waals surface area contributed by atoms with E-state index in [2.05, 4.69) is 17.2 Å². The number of hydrogen-bond donors (Lipinski definition) is 2. The highest BCUT2D eigenvalue weighted by Crippen LogP contribution is 2.32. The molecule has 0 saturated carbocycles. The molecule has 3 rings (SSSR count). The van der Waals surface area contributed by atoms with Gasteiger partial charge in [0.05, 0.1) is 18.4 Å². The van der Waals surface area contributed by atoms with Crippen LogP contribution in [0.25, 0.3) is 0 Å². The van der Waals surface area contributed by atoms with Crippen LogP contribution in [0, 0.1) is 5.41 Å². The molecule has 1 aliphatic heterocycles. The molecule has 2 heterocycles. The normalized spacial score (nSPS) is 19.7. The summed E-state index contributed by atoms with van der Waals surface area (Å²) >= 11 is 0. The Morgan fingerprint density at radius 2 is 2.16 bits per heavy atom. The van der Waals surface area contributed by atoms with Crippen LogP contribution >= 0.6 is 0 Å². The molecule has 2 aromatic rings. The molecule has 1 saturated heterocycles. The van der Waals surface area contributed by atoms with Gasteiger partial charge in [0.15, 0.2) is 0 Å². The van der Waals surface area contributed by atoms with Gasteiger partial charge in [-0.15, -0.1) is 0 Å². The number of ether oxygens (including phenoxy) is 1. The molecule has 6 heteroatoms. The van der Waals surface area contributed by atoms with E-state index in [-0.39, 0.29) is 11.3 Å². The number of hydrogen-bond acceptors (Lipinski definition) is 5. The van der Waals surface area contributed by atoms with Gasteiger partial charge in [-0.05, 0) is 42.6 Å². The molecule has 1 aromatic heterocycles. The largest absolute Gasteiger partial charge is 0.495 e. The monoisotopic (exact) mass is 340 g/mol. The first-order valence-corrected chi connectivity index (χ1v) is 8.41. The fourth-order valence-corrected chi connectivity index (χ4v) is 3.09. The molecule has 1 aromatic carbocycles. The van der Waals surface area contributed by atoms with Crippen molar-refractivity contribution in [3.05, 3.63) is 48.2 Å². The molecule has 25 heavy (non-hydrogen) atoms. The molecular formula is C19H24N4O2. The minimum absolute atomic E-state index is 0.00584. The number of rotatable bonds is 5. The number of anilines is 2. The zero-order chi connectivity index (χ0) is 17.9. The van der Waals surface area contributed by atoms with Gasteiger partial charge in [0.2, 0.25) is 0 Å². The van der Waals surface area contributed by atoms with Crippen LogP contribution in [0.1, 0.15) is 23.7 Å². The predicted octanol–water partition coefficient (Wildman–Crippen LogP) is 2.64. The number of para-hydroxylation sites is 2. The second-order valence-electron chi connectivity index (χ2n) is 6.72. The summed E-state index contributed by atoms with van der Waals surface area (Å²) in [6.45, 7) is 4.09. The third-order valence-electron chi connectivity index (χ3n) is 4.74. The molecule has 1 fully saturated rings. The van der Waals surface area contributed by atoms with E-state index >= 15 is 0 Å². The highest BCUT2D eigenvalue weighted by Gasteiger charge is 2.35. The van der Waals surface area contributed by atoms with E-state index in [1.54, 1.807) is 25.4 Å². The van der Waals surface area contributed by atoms with Crippen LogP contribution < -0.4 is 15.8 Å². The number of amides is 1. The number of benzene rings is 1. The second kappa shape index (κ2) is 7.11. The van der Waals surface area contributed by atoms with Gasteiger partial charge in [0.1, 0.15) is 11.6 Å². The summed E-state index contributed by atoms with van der Waals surface area (Å²) in [5.74, 6) is 1.20. The molecule has 1 amide bonds. The summed E-state index contributed by atoms with van der Waals surface area (Å²) in [5.41, 5.74) is 7.17. The maximum absolute atomic E-state index is 13.0. The van der Waals surface area contributed by atoms with Crippen molar-refractivity contribution >= 4 is 17.4 Å². The third-order valence-corrected chi connectivity index (χ3v) is 4.74. The zero-order valence-electron chi connectivity index (χ0n) is 14.7. The summed E-state index contributed by atoms with van der Waals surface area (Å²) in [6.07, 6.45) is 2.59. The van der Waals surface area contributed by atoms with Crippen LogP contribution in [0.3, 0.4) is 0 Å². The van der Waals surface area contributed by atoms with Gasteiger partial charge >= 0.3 is 0 Å². The lowest BCUT2D eigenvalue weighted by Crippen LogP contribution is -2.34. The van der Waals surface area contributed by atoms with Crippen molar-refractivity contribution in [3.63, 3.8) is 0 Å². The average molecular weight is 340 g/mol. The predicted molar refractivity (Wildman–Crippen MR) is 98.2 cm³/mol. The quantitative estimate of drug-likeness (QED) is 0.874. The summed E-state index contributed by atoms with van der Waals surface area (Å²) in [7, 11) is 1.61. The Bertz CT molecular complexity index is 765. The van der Waals surface area contributed by atoms with Crippen LogP contribution in [0.15, 0.2) is 42.6 Å². The lowest BCUT2D eigenvalue weighted by atomic mass is 9.90. The number of carbonyl (C=O) groups excluding carboxylic acids is 1. The van der Waals surface area contributed by atoms with Crippen molar-refractivity contribution in [3.8, 4) is 5.75 Å². The zero-order valence-corrected chi connectivity index (χ0v) is 14.7. The molecule has 0 spiro atoms. The Hall–Kier alpha value is -2.60. The summed E-state index contributed by atoms with van der Waals surface area (Å²) in [6, 6.07) is 11.1. The number of aromatic nitrogens is 1. The van der Waals surface area contributed by atoms with Crippen molar-refractivity contribution in [2.24, 2.45) is 11.1 Å². The van der Waals surface area contributed by atoms with Crippen molar-refractivity contribution in [2.75, 3.05) is 32.1 Å². The Kier molecular flexibility index (Phi) is 4.90. The van der Waals surface area contributed by atoms with E-state index in [1.165, 1.54) is 0 Å². The van der Waals surface area contributed by atoms with Crippen molar-refractivity contribution < 1.29 is 9.53 Å². The van der Waals surface area contributed by atoms with E-state index in [1.807, 2.05) is 29.2 Å². The van der Waals surface area contributed by atoms with E-state index in [4.69, 9.17) is 10.5 Å². The fraction of sp³-hybridized carbons (Fsp3) is 0.368. The summed E-state index contributed by atoms with van der Waals surface area (Å²) in [4.78, 5) is 19.2. The molecule has 6 nitrogen and oxygen atoms in total. The third kappa shape index (κ3) is 3.58. The minimum Gasteiger partial charge on any atom is -0.495 e. The van der Waals surface area contributed by atoms with Crippen molar-refractivity contribution in [1.29, 1.82) is 0 Å². The number of nitrogens with two attached hydrogens (primary N) is 1. The lowest BCUT2D eigenvalue weighted by Gasteiger charge is -2.23. The first kappa shape index (κ1) is 17.2. The molecule has 1 atom stereocenters. The van der Waals surface area contributed by atoms with Gasteiger partial charge < -0.3 is 20.7 Å². The molecule has 0 aliphatic carbocycles. The van der Waals surface area contributed by atoms with Crippen LogP contribution in [-0.4, -0.2) is 42.5 Å². The van der Waals surface area contributed by atoms with E-state index in [9.17, 15) is 4.79 Å². The van der Waals surface area contributed by atoms with Gasteiger partial charge in [0, 0.05) is 19.3 Å². The molecule has 3 N–H and O–H groups in total. The molecule has 0 bridgehead atoms. The first-order valence-electron chi connectivity index (χ1n) is 8.41. The minimum atomic E-state index is -0.0253. The van der Waals surface area contributed by atoms with E-state index in [0.29, 0.717) is 30.2 Å². The molecule has 1 unspecified atom stereocenters. The molecule has 1 aliphatic rings. The van der Waals surface area contributed by atoms with E-state index in [0.717, 1.165) is 18.7 Å². The van der Waals surface area contributed by atoms with Crippen LogP contribution in [0.4, 0.5) is 11.5 Å². The maximum Gasteiger partial charge on any atom is 0.257 e. The maximum atomic E-state index is 13.0. The van der Waals surface area contributed by atoms with E-state index < -0.39 is 0 Å². The van der Waals surface area contributed by atoms with Gasteiger partial charge in [-0.25, -0.2) is 4.98 Å². The number of methoxy groups -OCH3 is 1. The molecule has 0 radical (unpaired) electrons. The number of pyridine rings is 1. The SMILES string of the molecule is COc1ccccc1Nc1ncccc1C(=O)N1CCC(C)(CN)C1. The number of nitrogens with zero attached hydrogens (tertiary/aromatic N) is 2. The Morgan fingerprint density at radius 1 is 1.36 bits per heavy atom. The van der Waals surface area contributed by atoms with Gasteiger partial charge in [0.25, 0.3) is 5.91 Å². The second-order valence-corrected chi connectivity index (χ2v) is 6.72. The molecular weight excluding hydrogens is 316 g/mol. The number of likely N-dealkylation sites (tertiary alicyclic amines) is 1. The van der Waals surface area contributed by atoms with Crippen LogP contribution in [0.5, 0.6) is 5.75 Å². The summed E-state index contributed by atoms with van der Waals surface area (Å²) in [5, 5.41) is 3.22. The number of carbonyl (C=O) groups is 1. The van der Waals surface area contributed by atoms with Crippen molar-refractivity contribution in [2.45, 2.75) is 13.3 Å². The standard InChI is InChI=1S/C19H24N4O2/c1-19(12-20)9-11-23(13-19)18(24)14-6-5-10-21-17(14)22-15-7-3-4-8-16(15)25-2/h3-8,10H,9,11-13,20H2,1-2H3,(H,21,22). The van der Waals surface area contributed by atoms with Gasteiger partial charge in [-0.3, -0.25) is 4.79 Å². The molecule has 132 valence electrons. The number of nitrogens with one attached hydrogen (secondary N) is 1. The fourth-order valence-electron chi connectivity index (χ4n) is 3.09. The first-order chi connectivity index (χ1) is 12.1. The summed E-state index contributed by atoms with van der Waals surface area (Å²) < 4.78 is 5.36. The highest BCUT2D eigenvalue weighted by atomic mass is 16.5. The van der Waals surface area contributed by atoms with Crippen LogP contribution in [-0.2, 0) is 0 Å². The van der Waals surface area contributed by atoms with Gasteiger partial charge in [-0.1, -0.05) is 19.1 Å². The topological polar surface area (TPSA) is 80.5 Å². The van der Waals surface area contributed by atoms with Crippen LogP contribution in [0.2, 0.25) is 0 Å². The lowest BCUT2D eigenvalue weighted by molar-refractivity contribution is 0.0777. The van der Waals surface area contributed by atoms with Crippen molar-refractivity contribution in [1.82, 2.24) is 9.88 Å². The Balaban J connectivity index is 1.85. The van der Waals surface area contributed by atoms with Gasteiger partial charge in [-0.2, -0.15) is 0 Å². The smallest absolute Gasteiger partial charge is 0.257 e.